The predicted octanol–water partition coefficient (Wildman–Crippen LogP) is 2.84. The largest absolute Gasteiger partial charge is 0.497 e. The lowest BCUT2D eigenvalue weighted by Crippen LogP contribution is -2.30. The Bertz CT molecular complexity index is 696. The fourth-order valence-corrected chi connectivity index (χ4v) is 2.87. The van der Waals surface area contributed by atoms with Crippen LogP contribution in [0.25, 0.3) is 0 Å². The smallest absolute Gasteiger partial charge is 0.231 e. The SMILES string of the molecule is COc1ccc2c(c1)CCN2C(=O)Cc1ccccc1OC. The van der Waals surface area contributed by atoms with Gasteiger partial charge in [0.15, 0.2) is 0 Å². The minimum absolute atomic E-state index is 0.0911. The first-order valence-electron chi connectivity index (χ1n) is 7.32. The average Bonchev–Trinajstić information content (AvgIpc) is 2.98. The molecule has 4 heteroatoms. The minimum Gasteiger partial charge on any atom is -0.497 e. The Balaban J connectivity index is 1.80. The van der Waals surface area contributed by atoms with E-state index in [9.17, 15) is 4.79 Å². The van der Waals surface area contributed by atoms with Gasteiger partial charge in [-0.25, -0.2) is 0 Å². The molecule has 22 heavy (non-hydrogen) atoms. The first-order chi connectivity index (χ1) is 10.7. The number of carbonyl (C=O) groups excluding carboxylic acids is 1. The van der Waals surface area contributed by atoms with E-state index in [2.05, 4.69) is 0 Å². The van der Waals surface area contributed by atoms with E-state index in [1.807, 2.05) is 47.4 Å². The molecule has 0 fully saturated rings. The molecule has 4 nitrogen and oxygen atoms in total. The highest BCUT2D eigenvalue weighted by Gasteiger charge is 2.25. The second-order valence-electron chi connectivity index (χ2n) is 5.28. The Morgan fingerprint density at radius 1 is 1.14 bits per heavy atom. The van der Waals surface area contributed by atoms with Crippen LogP contribution in [0.5, 0.6) is 11.5 Å². The molecule has 0 unspecified atom stereocenters. The maximum atomic E-state index is 12.6. The van der Waals surface area contributed by atoms with Crippen molar-refractivity contribution in [3.63, 3.8) is 0 Å². The maximum Gasteiger partial charge on any atom is 0.231 e. The third kappa shape index (κ3) is 2.64. The molecular weight excluding hydrogens is 278 g/mol. The van der Waals surface area contributed by atoms with Crippen LogP contribution >= 0.6 is 0 Å². The van der Waals surface area contributed by atoms with E-state index in [1.54, 1.807) is 14.2 Å². The van der Waals surface area contributed by atoms with E-state index in [1.165, 1.54) is 0 Å². The monoisotopic (exact) mass is 297 g/mol. The molecule has 1 aliphatic rings. The zero-order valence-corrected chi connectivity index (χ0v) is 12.8. The van der Waals surface area contributed by atoms with Crippen LogP contribution < -0.4 is 14.4 Å². The van der Waals surface area contributed by atoms with Crippen LogP contribution in [0.1, 0.15) is 11.1 Å². The van der Waals surface area contributed by atoms with Crippen LogP contribution in [0, 0.1) is 0 Å². The Kier molecular flexibility index (Phi) is 4.00. The quantitative estimate of drug-likeness (QED) is 0.871. The molecule has 0 spiro atoms. The Morgan fingerprint density at radius 3 is 2.73 bits per heavy atom. The fourth-order valence-electron chi connectivity index (χ4n) is 2.87. The van der Waals surface area contributed by atoms with Gasteiger partial charge in [-0.2, -0.15) is 0 Å². The molecule has 0 radical (unpaired) electrons. The number of rotatable bonds is 4. The standard InChI is InChI=1S/C18H19NO3/c1-21-15-7-8-16-13(11-15)9-10-19(16)18(20)12-14-5-3-4-6-17(14)22-2/h3-8,11H,9-10,12H2,1-2H3. The van der Waals surface area contributed by atoms with Gasteiger partial charge in [0.2, 0.25) is 5.91 Å². The number of fused-ring (bicyclic) bond motifs is 1. The van der Waals surface area contributed by atoms with Crippen molar-refractivity contribution in [2.45, 2.75) is 12.8 Å². The van der Waals surface area contributed by atoms with Crippen LogP contribution in [0.2, 0.25) is 0 Å². The number of hydrogen-bond acceptors (Lipinski definition) is 3. The van der Waals surface area contributed by atoms with Gasteiger partial charge < -0.3 is 14.4 Å². The summed E-state index contributed by atoms with van der Waals surface area (Å²) in [5, 5.41) is 0. The topological polar surface area (TPSA) is 38.8 Å². The lowest BCUT2D eigenvalue weighted by molar-refractivity contribution is -0.117. The first kappa shape index (κ1) is 14.4. The molecule has 0 N–H and O–H groups in total. The minimum atomic E-state index is 0.0911. The lowest BCUT2D eigenvalue weighted by atomic mass is 10.1. The average molecular weight is 297 g/mol. The van der Waals surface area contributed by atoms with Crippen molar-refractivity contribution >= 4 is 11.6 Å². The molecule has 0 atom stereocenters. The lowest BCUT2D eigenvalue weighted by Gasteiger charge is -2.18. The van der Waals surface area contributed by atoms with Crippen LogP contribution in [-0.4, -0.2) is 26.7 Å². The van der Waals surface area contributed by atoms with Gasteiger partial charge in [0.05, 0.1) is 20.6 Å². The molecule has 1 heterocycles. The van der Waals surface area contributed by atoms with Crippen LogP contribution in [-0.2, 0) is 17.6 Å². The van der Waals surface area contributed by atoms with Crippen LogP contribution in [0.3, 0.4) is 0 Å². The fraction of sp³-hybridized carbons (Fsp3) is 0.278. The third-order valence-corrected chi connectivity index (χ3v) is 4.02. The van der Waals surface area contributed by atoms with Gasteiger partial charge in [-0.1, -0.05) is 18.2 Å². The van der Waals surface area contributed by atoms with Crippen molar-refractivity contribution in [2.24, 2.45) is 0 Å². The summed E-state index contributed by atoms with van der Waals surface area (Å²) in [6, 6.07) is 13.5. The van der Waals surface area contributed by atoms with Crippen molar-refractivity contribution in [3.05, 3.63) is 53.6 Å². The number of carbonyl (C=O) groups is 1. The highest BCUT2D eigenvalue weighted by atomic mass is 16.5. The number of para-hydroxylation sites is 1. The third-order valence-electron chi connectivity index (χ3n) is 4.02. The molecule has 0 saturated heterocycles. The zero-order chi connectivity index (χ0) is 15.5. The van der Waals surface area contributed by atoms with Gasteiger partial charge in [-0.3, -0.25) is 4.79 Å². The van der Waals surface area contributed by atoms with E-state index < -0.39 is 0 Å². The van der Waals surface area contributed by atoms with Gasteiger partial charge in [0.25, 0.3) is 0 Å². The molecule has 114 valence electrons. The molecule has 2 aromatic rings. The van der Waals surface area contributed by atoms with Gasteiger partial charge in [0.1, 0.15) is 11.5 Å². The Labute approximate surface area is 130 Å². The molecule has 2 aromatic carbocycles. The number of hydrogen-bond donors (Lipinski definition) is 0. The summed E-state index contributed by atoms with van der Waals surface area (Å²) >= 11 is 0. The summed E-state index contributed by atoms with van der Waals surface area (Å²) in [6.07, 6.45) is 1.21. The molecule has 1 amide bonds. The van der Waals surface area contributed by atoms with Crippen molar-refractivity contribution in [1.29, 1.82) is 0 Å². The van der Waals surface area contributed by atoms with E-state index in [0.29, 0.717) is 6.42 Å². The summed E-state index contributed by atoms with van der Waals surface area (Å²) in [7, 11) is 3.28. The van der Waals surface area contributed by atoms with E-state index in [4.69, 9.17) is 9.47 Å². The molecule has 1 aliphatic heterocycles. The zero-order valence-electron chi connectivity index (χ0n) is 12.8. The summed E-state index contributed by atoms with van der Waals surface area (Å²) in [5.74, 6) is 1.68. The summed E-state index contributed by atoms with van der Waals surface area (Å²) in [5.41, 5.74) is 3.06. The number of methoxy groups -OCH3 is 2. The number of benzene rings is 2. The van der Waals surface area contributed by atoms with E-state index >= 15 is 0 Å². The highest BCUT2D eigenvalue weighted by molar-refractivity contribution is 5.97. The van der Waals surface area contributed by atoms with Gasteiger partial charge in [-0.05, 0) is 36.2 Å². The van der Waals surface area contributed by atoms with Crippen molar-refractivity contribution in [2.75, 3.05) is 25.7 Å². The first-order valence-corrected chi connectivity index (χ1v) is 7.32. The van der Waals surface area contributed by atoms with Crippen molar-refractivity contribution in [1.82, 2.24) is 0 Å². The van der Waals surface area contributed by atoms with Crippen molar-refractivity contribution < 1.29 is 14.3 Å². The second kappa shape index (κ2) is 6.10. The summed E-state index contributed by atoms with van der Waals surface area (Å²) < 4.78 is 10.6. The Morgan fingerprint density at radius 2 is 1.95 bits per heavy atom. The Hall–Kier alpha value is -2.49. The number of anilines is 1. The molecule has 3 rings (SSSR count). The number of ether oxygens (including phenoxy) is 2. The van der Waals surface area contributed by atoms with Gasteiger partial charge in [-0.15, -0.1) is 0 Å². The van der Waals surface area contributed by atoms with Gasteiger partial charge in [0, 0.05) is 17.8 Å². The van der Waals surface area contributed by atoms with Gasteiger partial charge >= 0.3 is 0 Å². The normalized spacial score (nSPS) is 12.9. The molecule has 0 aliphatic carbocycles. The van der Waals surface area contributed by atoms with E-state index in [0.717, 1.165) is 41.3 Å². The summed E-state index contributed by atoms with van der Waals surface area (Å²) in [6.45, 7) is 0.719. The molecule has 0 saturated carbocycles. The second-order valence-corrected chi connectivity index (χ2v) is 5.28. The van der Waals surface area contributed by atoms with Crippen LogP contribution in [0.15, 0.2) is 42.5 Å². The number of nitrogens with zero attached hydrogens (tertiary/aromatic N) is 1. The molecule has 0 bridgehead atoms. The maximum absolute atomic E-state index is 12.6. The molecule has 0 aromatic heterocycles. The van der Waals surface area contributed by atoms with E-state index in [-0.39, 0.29) is 5.91 Å². The summed E-state index contributed by atoms with van der Waals surface area (Å²) in [4.78, 5) is 14.5. The van der Waals surface area contributed by atoms with Crippen LogP contribution in [0.4, 0.5) is 5.69 Å². The predicted molar refractivity (Wildman–Crippen MR) is 85.7 cm³/mol. The molecular formula is C18H19NO3. The highest BCUT2D eigenvalue weighted by Crippen LogP contribution is 2.32. The van der Waals surface area contributed by atoms with Crippen molar-refractivity contribution in [3.8, 4) is 11.5 Å². The number of amides is 1.